The predicted octanol–water partition coefficient (Wildman–Crippen LogP) is 1.58. The molecule has 0 bridgehead atoms. The Morgan fingerprint density at radius 3 is 2.40 bits per heavy atom. The number of carbonyl (C=O) groups is 1. The topological polar surface area (TPSA) is 44.8 Å². The van der Waals surface area contributed by atoms with Crippen molar-refractivity contribution in [1.82, 2.24) is 15.1 Å². The number of hydrogen-bond acceptors (Lipinski definition) is 4. The third kappa shape index (κ3) is 5.99. The van der Waals surface area contributed by atoms with Gasteiger partial charge < -0.3 is 10.1 Å². The van der Waals surface area contributed by atoms with Gasteiger partial charge >= 0.3 is 0 Å². The minimum absolute atomic E-state index is 0.140. The zero-order valence-electron chi connectivity index (χ0n) is 16.0. The fourth-order valence-electron chi connectivity index (χ4n) is 4.17. The molecular weight excluding hydrogens is 314 g/mol. The quantitative estimate of drug-likeness (QED) is 0.676. The number of ether oxygens (including phenoxy) is 1. The van der Waals surface area contributed by atoms with E-state index in [9.17, 15) is 4.79 Å². The van der Waals surface area contributed by atoms with E-state index in [4.69, 9.17) is 11.2 Å². The summed E-state index contributed by atoms with van der Waals surface area (Å²) in [6, 6.07) is 0.421. The monoisotopic (exact) mass is 349 g/mol. The van der Waals surface area contributed by atoms with Crippen LogP contribution in [0.3, 0.4) is 0 Å². The molecule has 0 radical (unpaired) electrons. The molecule has 25 heavy (non-hydrogen) atoms. The first-order chi connectivity index (χ1) is 12.2. The average Bonchev–Trinajstić information content (AvgIpc) is 2.66. The lowest BCUT2D eigenvalue weighted by Crippen LogP contribution is -2.53. The van der Waals surface area contributed by atoms with Crippen molar-refractivity contribution >= 4 is 5.91 Å². The summed E-state index contributed by atoms with van der Waals surface area (Å²) in [4.78, 5) is 17.4. The lowest BCUT2D eigenvalue weighted by atomic mass is 9.91. The normalized spacial score (nSPS) is 21.8. The van der Waals surface area contributed by atoms with Crippen LogP contribution in [0.5, 0.6) is 0 Å². The summed E-state index contributed by atoms with van der Waals surface area (Å²) >= 11 is 0. The van der Waals surface area contributed by atoms with E-state index in [1.807, 2.05) is 0 Å². The second kappa shape index (κ2) is 10.8. The molecule has 5 nitrogen and oxygen atoms in total. The number of hydrogen-bond donors (Lipinski definition) is 1. The van der Waals surface area contributed by atoms with Crippen LogP contribution in [0, 0.1) is 24.2 Å². The van der Waals surface area contributed by atoms with Crippen LogP contribution in [0.2, 0.25) is 0 Å². The molecule has 2 fully saturated rings. The summed E-state index contributed by atoms with van der Waals surface area (Å²) in [6.07, 6.45) is 9.51. The molecule has 0 spiro atoms. The van der Waals surface area contributed by atoms with E-state index >= 15 is 0 Å². The number of amides is 1. The summed E-state index contributed by atoms with van der Waals surface area (Å²) in [6.45, 7) is 11.4. The highest BCUT2D eigenvalue weighted by Crippen LogP contribution is 2.21. The smallest absolute Gasteiger partial charge is 0.223 e. The van der Waals surface area contributed by atoms with Gasteiger partial charge in [-0.25, -0.2) is 0 Å². The number of piperidine rings is 1. The Morgan fingerprint density at radius 2 is 1.84 bits per heavy atom. The van der Waals surface area contributed by atoms with Gasteiger partial charge in [0.15, 0.2) is 0 Å². The molecule has 2 aliphatic rings. The Kier molecular flexibility index (Phi) is 8.74. The molecule has 1 unspecified atom stereocenters. The molecule has 1 amide bonds. The van der Waals surface area contributed by atoms with Gasteiger partial charge in [-0.3, -0.25) is 14.6 Å². The summed E-state index contributed by atoms with van der Waals surface area (Å²) < 4.78 is 5.50. The van der Waals surface area contributed by atoms with E-state index in [0.717, 1.165) is 71.6 Å². The lowest BCUT2D eigenvalue weighted by molar-refractivity contribution is -0.126. The van der Waals surface area contributed by atoms with Gasteiger partial charge in [0.25, 0.3) is 0 Å². The molecule has 2 saturated heterocycles. The van der Waals surface area contributed by atoms with Gasteiger partial charge in [-0.2, -0.15) is 0 Å². The summed E-state index contributed by atoms with van der Waals surface area (Å²) in [5, 5.41) is 3.27. The number of nitrogens with one attached hydrogen (secondary N) is 1. The molecule has 1 N–H and O–H groups in total. The first-order valence-corrected chi connectivity index (χ1v) is 9.94. The van der Waals surface area contributed by atoms with Gasteiger partial charge in [-0.05, 0) is 31.8 Å². The standard InChI is InChI=1S/C20H35N3O2/c1-4-9-22-10-7-18(8-11-22)20(24)21-16-19(17(5-2)6-3)23-12-14-25-15-13-23/h1,17-19H,5-16H2,2-3H3,(H,21,24). The van der Waals surface area contributed by atoms with Crippen molar-refractivity contribution in [3.63, 3.8) is 0 Å². The van der Waals surface area contributed by atoms with Crippen molar-refractivity contribution in [2.45, 2.75) is 45.6 Å². The molecule has 1 atom stereocenters. The van der Waals surface area contributed by atoms with Crippen LogP contribution in [0.25, 0.3) is 0 Å². The maximum atomic E-state index is 12.6. The number of terminal acetylenes is 1. The molecule has 2 rings (SSSR count). The lowest BCUT2D eigenvalue weighted by Gasteiger charge is -2.39. The molecule has 0 aliphatic carbocycles. The maximum Gasteiger partial charge on any atom is 0.223 e. The number of morpholine rings is 1. The van der Waals surface area contributed by atoms with Crippen molar-refractivity contribution in [3.05, 3.63) is 0 Å². The number of nitrogens with zero attached hydrogens (tertiary/aromatic N) is 2. The van der Waals surface area contributed by atoms with Gasteiger partial charge in [0, 0.05) is 31.6 Å². The molecule has 0 aromatic rings. The van der Waals surface area contributed by atoms with Gasteiger partial charge in [0.2, 0.25) is 5.91 Å². The van der Waals surface area contributed by atoms with Crippen molar-refractivity contribution in [1.29, 1.82) is 0 Å². The van der Waals surface area contributed by atoms with Crippen LogP contribution in [-0.4, -0.2) is 74.2 Å². The largest absolute Gasteiger partial charge is 0.379 e. The van der Waals surface area contributed by atoms with Gasteiger partial charge in [0.1, 0.15) is 0 Å². The highest BCUT2D eigenvalue weighted by Gasteiger charge is 2.29. The zero-order valence-corrected chi connectivity index (χ0v) is 16.0. The van der Waals surface area contributed by atoms with Crippen molar-refractivity contribution in [2.75, 3.05) is 52.5 Å². The van der Waals surface area contributed by atoms with E-state index in [0.29, 0.717) is 18.5 Å². The molecule has 0 saturated carbocycles. The van der Waals surface area contributed by atoms with Crippen LogP contribution in [0.15, 0.2) is 0 Å². The fourth-order valence-corrected chi connectivity index (χ4v) is 4.17. The molecule has 2 heterocycles. The minimum atomic E-state index is 0.140. The van der Waals surface area contributed by atoms with Crippen molar-refractivity contribution in [3.8, 4) is 12.3 Å². The molecular formula is C20H35N3O2. The fraction of sp³-hybridized carbons (Fsp3) is 0.850. The summed E-state index contributed by atoms with van der Waals surface area (Å²) in [5.74, 6) is 3.68. The van der Waals surface area contributed by atoms with Crippen LogP contribution in [0.4, 0.5) is 0 Å². The zero-order chi connectivity index (χ0) is 18.1. The highest BCUT2D eigenvalue weighted by atomic mass is 16.5. The van der Waals surface area contributed by atoms with E-state index in [2.05, 4.69) is 34.9 Å². The first-order valence-electron chi connectivity index (χ1n) is 9.94. The van der Waals surface area contributed by atoms with Crippen molar-refractivity contribution < 1.29 is 9.53 Å². The van der Waals surface area contributed by atoms with E-state index < -0.39 is 0 Å². The summed E-state index contributed by atoms with van der Waals surface area (Å²) in [7, 11) is 0. The van der Waals surface area contributed by atoms with Crippen LogP contribution in [0.1, 0.15) is 39.5 Å². The second-order valence-electron chi connectivity index (χ2n) is 7.29. The van der Waals surface area contributed by atoms with Crippen LogP contribution in [-0.2, 0) is 9.53 Å². The molecule has 2 aliphatic heterocycles. The Balaban J connectivity index is 1.84. The van der Waals surface area contributed by atoms with E-state index in [1.165, 1.54) is 0 Å². The molecule has 142 valence electrons. The third-order valence-corrected chi connectivity index (χ3v) is 5.87. The van der Waals surface area contributed by atoms with E-state index in [-0.39, 0.29) is 11.8 Å². The highest BCUT2D eigenvalue weighted by molar-refractivity contribution is 5.78. The SMILES string of the molecule is C#CCN1CCC(C(=O)NCC(C(CC)CC)N2CCOCC2)CC1. The van der Waals surface area contributed by atoms with Gasteiger partial charge in [0.05, 0.1) is 19.8 Å². The Morgan fingerprint density at radius 1 is 1.20 bits per heavy atom. The second-order valence-corrected chi connectivity index (χ2v) is 7.29. The average molecular weight is 350 g/mol. The van der Waals surface area contributed by atoms with Crippen molar-refractivity contribution in [2.24, 2.45) is 11.8 Å². The minimum Gasteiger partial charge on any atom is -0.379 e. The number of carbonyl (C=O) groups excluding carboxylic acids is 1. The third-order valence-electron chi connectivity index (χ3n) is 5.87. The number of likely N-dealkylation sites (tertiary alicyclic amines) is 1. The Bertz CT molecular complexity index is 431. The maximum absolute atomic E-state index is 12.6. The van der Waals surface area contributed by atoms with E-state index in [1.54, 1.807) is 0 Å². The van der Waals surface area contributed by atoms with Gasteiger partial charge in [-0.15, -0.1) is 6.42 Å². The molecule has 0 aromatic carbocycles. The molecule has 0 aromatic heterocycles. The predicted molar refractivity (Wildman–Crippen MR) is 101 cm³/mol. The van der Waals surface area contributed by atoms with Crippen LogP contribution >= 0.6 is 0 Å². The first kappa shape index (κ1) is 20.2. The Labute approximate surface area is 153 Å². The van der Waals surface area contributed by atoms with Gasteiger partial charge in [-0.1, -0.05) is 32.6 Å². The Hall–Kier alpha value is -1.09. The summed E-state index contributed by atoms with van der Waals surface area (Å²) in [5.41, 5.74) is 0. The molecule has 5 heteroatoms. The van der Waals surface area contributed by atoms with Crippen LogP contribution < -0.4 is 5.32 Å². The number of rotatable bonds is 8.